The largest absolute Gasteiger partial charge is 0.480 e. The SMILES string of the molecule is CCc1ccc(C(=O)NC(CCCCC2COC(C)(C(=O)O)OC2)C(=O)O)cc1. The molecule has 0 saturated carbocycles. The third kappa shape index (κ3) is 6.54. The normalized spacial score (nSPS) is 22.6. The number of rotatable bonds is 10. The Labute approximate surface area is 170 Å². The van der Waals surface area contributed by atoms with Gasteiger partial charge in [-0.3, -0.25) is 4.79 Å². The molecule has 0 aliphatic carbocycles. The molecule has 160 valence electrons. The van der Waals surface area contributed by atoms with Gasteiger partial charge in [-0.1, -0.05) is 31.9 Å². The van der Waals surface area contributed by atoms with Gasteiger partial charge in [0.2, 0.25) is 0 Å². The number of carboxylic acids is 2. The third-order valence-electron chi connectivity index (χ3n) is 5.16. The molecule has 29 heavy (non-hydrogen) atoms. The van der Waals surface area contributed by atoms with Gasteiger partial charge in [0.1, 0.15) is 6.04 Å². The van der Waals surface area contributed by atoms with Crippen molar-refractivity contribution in [3.05, 3.63) is 35.4 Å². The van der Waals surface area contributed by atoms with E-state index < -0.39 is 29.7 Å². The quantitative estimate of drug-likeness (QED) is 0.509. The molecule has 0 aromatic heterocycles. The van der Waals surface area contributed by atoms with Crippen molar-refractivity contribution in [2.75, 3.05) is 13.2 Å². The average Bonchev–Trinajstić information content (AvgIpc) is 2.71. The fourth-order valence-corrected chi connectivity index (χ4v) is 3.11. The summed E-state index contributed by atoms with van der Waals surface area (Å²) in [5.41, 5.74) is 1.54. The first-order valence-electron chi connectivity index (χ1n) is 9.89. The molecular weight excluding hydrogens is 378 g/mol. The number of hydrogen-bond acceptors (Lipinski definition) is 5. The number of ether oxygens (including phenoxy) is 2. The molecule has 1 aromatic rings. The second kappa shape index (κ2) is 10.4. The van der Waals surface area contributed by atoms with Crippen LogP contribution in [0.3, 0.4) is 0 Å². The summed E-state index contributed by atoms with van der Waals surface area (Å²) < 4.78 is 10.6. The number of amides is 1. The van der Waals surface area contributed by atoms with Crippen LogP contribution in [0.25, 0.3) is 0 Å². The summed E-state index contributed by atoms with van der Waals surface area (Å²) in [6, 6.07) is 6.15. The standard InChI is InChI=1S/C21H29NO7/c1-3-14-8-10-16(11-9-14)18(23)22-17(19(24)25)7-5-4-6-15-12-28-21(2,20(26)27)29-13-15/h8-11,15,17H,3-7,12-13H2,1-2H3,(H,22,23)(H,24,25)(H,26,27). The molecular formula is C21H29NO7. The number of benzene rings is 1. The average molecular weight is 407 g/mol. The molecule has 0 bridgehead atoms. The highest BCUT2D eigenvalue weighted by atomic mass is 16.7. The summed E-state index contributed by atoms with van der Waals surface area (Å²) >= 11 is 0. The summed E-state index contributed by atoms with van der Waals surface area (Å²) in [7, 11) is 0. The van der Waals surface area contributed by atoms with E-state index in [1.54, 1.807) is 12.1 Å². The summed E-state index contributed by atoms with van der Waals surface area (Å²) in [5, 5.41) is 21.0. The molecule has 1 saturated heterocycles. The summed E-state index contributed by atoms with van der Waals surface area (Å²) in [5.74, 6) is -4.14. The lowest BCUT2D eigenvalue weighted by Crippen LogP contribution is -2.47. The van der Waals surface area contributed by atoms with E-state index in [0.29, 0.717) is 18.4 Å². The Hall–Kier alpha value is -2.45. The van der Waals surface area contributed by atoms with Gasteiger partial charge in [-0.25, -0.2) is 9.59 Å². The Morgan fingerprint density at radius 3 is 2.28 bits per heavy atom. The van der Waals surface area contributed by atoms with E-state index in [1.807, 2.05) is 19.1 Å². The van der Waals surface area contributed by atoms with Gasteiger partial charge in [-0.05, 0) is 37.0 Å². The molecule has 3 N–H and O–H groups in total. The molecule has 8 heteroatoms. The second-order valence-electron chi connectivity index (χ2n) is 7.44. The van der Waals surface area contributed by atoms with Crippen molar-refractivity contribution in [1.82, 2.24) is 5.32 Å². The Bertz CT molecular complexity index is 708. The maximum atomic E-state index is 12.3. The highest BCUT2D eigenvalue weighted by molar-refractivity contribution is 5.96. The zero-order valence-corrected chi connectivity index (χ0v) is 16.8. The number of hydrogen-bond donors (Lipinski definition) is 3. The van der Waals surface area contributed by atoms with Crippen LogP contribution in [-0.4, -0.2) is 53.1 Å². The van der Waals surface area contributed by atoms with Gasteiger partial charge in [0.25, 0.3) is 11.7 Å². The molecule has 1 fully saturated rings. The van der Waals surface area contributed by atoms with Crippen LogP contribution in [0, 0.1) is 5.92 Å². The molecule has 1 atom stereocenters. The minimum absolute atomic E-state index is 0.0670. The predicted octanol–water partition coefficient (Wildman–Crippen LogP) is 2.46. The lowest BCUT2D eigenvalue weighted by molar-refractivity contribution is -0.271. The summed E-state index contributed by atoms with van der Waals surface area (Å²) in [6.45, 7) is 3.97. The van der Waals surface area contributed by atoms with Gasteiger partial charge < -0.3 is 25.0 Å². The summed E-state index contributed by atoms with van der Waals surface area (Å²) in [6.07, 6.45) is 3.25. The topological polar surface area (TPSA) is 122 Å². The van der Waals surface area contributed by atoms with E-state index in [-0.39, 0.29) is 19.1 Å². The van der Waals surface area contributed by atoms with Crippen LogP contribution in [0.4, 0.5) is 0 Å². The van der Waals surface area contributed by atoms with Crippen molar-refractivity contribution in [3.63, 3.8) is 0 Å². The minimum Gasteiger partial charge on any atom is -0.480 e. The van der Waals surface area contributed by atoms with E-state index in [4.69, 9.17) is 14.6 Å². The van der Waals surface area contributed by atoms with Gasteiger partial charge in [0, 0.05) is 18.4 Å². The Kier molecular flexibility index (Phi) is 8.16. The number of carbonyl (C=O) groups is 3. The Morgan fingerprint density at radius 1 is 1.14 bits per heavy atom. The molecule has 1 heterocycles. The smallest absolute Gasteiger partial charge is 0.364 e. The molecule has 1 unspecified atom stereocenters. The summed E-state index contributed by atoms with van der Waals surface area (Å²) in [4.78, 5) is 34.9. The van der Waals surface area contributed by atoms with E-state index in [2.05, 4.69) is 5.32 Å². The zero-order chi connectivity index (χ0) is 21.4. The molecule has 1 amide bonds. The van der Waals surface area contributed by atoms with Crippen LogP contribution in [-0.2, 0) is 25.5 Å². The third-order valence-corrected chi connectivity index (χ3v) is 5.16. The van der Waals surface area contributed by atoms with Gasteiger partial charge in [-0.2, -0.15) is 0 Å². The Morgan fingerprint density at radius 2 is 1.76 bits per heavy atom. The molecule has 0 spiro atoms. The van der Waals surface area contributed by atoms with Crippen LogP contribution < -0.4 is 5.32 Å². The maximum absolute atomic E-state index is 12.3. The lowest BCUT2D eigenvalue weighted by Gasteiger charge is -2.34. The monoisotopic (exact) mass is 407 g/mol. The van der Waals surface area contributed by atoms with Crippen LogP contribution in [0.5, 0.6) is 0 Å². The van der Waals surface area contributed by atoms with Crippen molar-refractivity contribution < 1.29 is 34.1 Å². The van der Waals surface area contributed by atoms with Gasteiger partial charge in [0.05, 0.1) is 13.2 Å². The minimum atomic E-state index is -1.59. The number of unbranched alkanes of at least 4 members (excludes halogenated alkanes) is 1. The van der Waals surface area contributed by atoms with Crippen molar-refractivity contribution in [2.45, 2.75) is 57.8 Å². The molecule has 8 nitrogen and oxygen atoms in total. The molecule has 1 aromatic carbocycles. The fourth-order valence-electron chi connectivity index (χ4n) is 3.11. The van der Waals surface area contributed by atoms with Crippen molar-refractivity contribution in [1.29, 1.82) is 0 Å². The number of carboxylic acid groups (broad SMARTS) is 2. The first-order valence-corrected chi connectivity index (χ1v) is 9.89. The van der Waals surface area contributed by atoms with E-state index in [1.165, 1.54) is 6.92 Å². The van der Waals surface area contributed by atoms with Crippen LogP contribution in [0.15, 0.2) is 24.3 Å². The maximum Gasteiger partial charge on any atom is 0.364 e. The first-order chi connectivity index (χ1) is 13.7. The van der Waals surface area contributed by atoms with E-state index in [9.17, 15) is 19.5 Å². The van der Waals surface area contributed by atoms with Crippen molar-refractivity contribution in [2.24, 2.45) is 5.92 Å². The fraction of sp³-hybridized carbons (Fsp3) is 0.571. The molecule has 1 aliphatic heterocycles. The lowest BCUT2D eigenvalue weighted by atomic mass is 9.99. The molecule has 1 aliphatic rings. The number of nitrogens with one attached hydrogen (secondary N) is 1. The van der Waals surface area contributed by atoms with Crippen LogP contribution >= 0.6 is 0 Å². The van der Waals surface area contributed by atoms with E-state index in [0.717, 1.165) is 24.8 Å². The number of aryl methyl sites for hydroxylation is 1. The molecule has 0 radical (unpaired) electrons. The highest BCUT2D eigenvalue weighted by Gasteiger charge is 2.40. The Balaban J connectivity index is 1.74. The van der Waals surface area contributed by atoms with Crippen molar-refractivity contribution >= 4 is 17.8 Å². The van der Waals surface area contributed by atoms with Crippen LogP contribution in [0.1, 0.15) is 55.5 Å². The number of carbonyl (C=O) groups excluding carboxylic acids is 1. The van der Waals surface area contributed by atoms with Gasteiger partial charge in [-0.15, -0.1) is 0 Å². The van der Waals surface area contributed by atoms with E-state index >= 15 is 0 Å². The highest BCUT2D eigenvalue weighted by Crippen LogP contribution is 2.24. The first kappa shape index (κ1) is 22.8. The van der Waals surface area contributed by atoms with Crippen LogP contribution in [0.2, 0.25) is 0 Å². The van der Waals surface area contributed by atoms with Gasteiger partial charge >= 0.3 is 11.9 Å². The second-order valence-corrected chi connectivity index (χ2v) is 7.44. The van der Waals surface area contributed by atoms with Crippen molar-refractivity contribution in [3.8, 4) is 0 Å². The molecule has 2 rings (SSSR count). The number of aliphatic carboxylic acids is 2. The zero-order valence-electron chi connectivity index (χ0n) is 16.8. The van der Waals surface area contributed by atoms with Gasteiger partial charge in [0.15, 0.2) is 0 Å². The predicted molar refractivity (Wildman–Crippen MR) is 105 cm³/mol.